The standard InChI is InChI=1S/C13H16N4O/c1-17-13(15-9-16-17)8-11(18)7-12(14)10-5-3-2-4-6-10/h2-6,9,12H,7-8,14H2,1H3. The minimum Gasteiger partial charge on any atom is -0.324 e. The third-order valence-corrected chi connectivity index (χ3v) is 2.84. The van der Waals surface area contributed by atoms with Crippen LogP contribution in [0.4, 0.5) is 0 Å². The average molecular weight is 244 g/mol. The number of hydrogen-bond donors (Lipinski definition) is 1. The summed E-state index contributed by atoms with van der Waals surface area (Å²) in [5, 5.41) is 3.93. The molecule has 1 unspecified atom stereocenters. The molecule has 5 nitrogen and oxygen atoms in total. The van der Waals surface area contributed by atoms with Crippen LogP contribution in [0.1, 0.15) is 23.9 Å². The van der Waals surface area contributed by atoms with Crippen LogP contribution in [0.2, 0.25) is 0 Å². The highest BCUT2D eigenvalue weighted by molar-refractivity contribution is 5.80. The normalized spacial score (nSPS) is 12.3. The van der Waals surface area contributed by atoms with Crippen molar-refractivity contribution in [1.82, 2.24) is 14.8 Å². The lowest BCUT2D eigenvalue weighted by atomic mass is 10.0. The Bertz CT molecular complexity index is 521. The average Bonchev–Trinajstić information content (AvgIpc) is 2.76. The van der Waals surface area contributed by atoms with Crippen molar-refractivity contribution in [1.29, 1.82) is 0 Å². The Hall–Kier alpha value is -2.01. The Balaban J connectivity index is 1.94. The van der Waals surface area contributed by atoms with E-state index in [9.17, 15) is 4.79 Å². The minimum atomic E-state index is -0.257. The molecule has 1 atom stereocenters. The number of nitrogens with zero attached hydrogens (tertiary/aromatic N) is 3. The molecule has 0 bridgehead atoms. The van der Waals surface area contributed by atoms with E-state index in [0.717, 1.165) is 5.56 Å². The monoisotopic (exact) mass is 244 g/mol. The summed E-state index contributed by atoms with van der Waals surface area (Å²) < 4.78 is 1.60. The van der Waals surface area contributed by atoms with Gasteiger partial charge in [0.1, 0.15) is 17.9 Å². The van der Waals surface area contributed by atoms with Gasteiger partial charge in [-0.2, -0.15) is 5.10 Å². The zero-order valence-corrected chi connectivity index (χ0v) is 10.3. The lowest BCUT2D eigenvalue weighted by Crippen LogP contribution is -2.18. The van der Waals surface area contributed by atoms with Crippen LogP contribution >= 0.6 is 0 Å². The van der Waals surface area contributed by atoms with Gasteiger partial charge in [-0.15, -0.1) is 0 Å². The predicted octanol–water partition coefficient (Wildman–Crippen LogP) is 1.02. The molecular weight excluding hydrogens is 228 g/mol. The summed E-state index contributed by atoms with van der Waals surface area (Å²) in [5.41, 5.74) is 6.98. The number of nitrogens with two attached hydrogens (primary N) is 1. The summed E-state index contributed by atoms with van der Waals surface area (Å²) in [7, 11) is 1.77. The lowest BCUT2D eigenvalue weighted by Gasteiger charge is -2.10. The highest BCUT2D eigenvalue weighted by Crippen LogP contribution is 2.14. The molecule has 1 aromatic heterocycles. The topological polar surface area (TPSA) is 73.8 Å². The van der Waals surface area contributed by atoms with Crippen LogP contribution in [-0.2, 0) is 18.3 Å². The molecule has 0 aliphatic heterocycles. The van der Waals surface area contributed by atoms with E-state index in [0.29, 0.717) is 12.2 Å². The number of ketones is 1. The first-order valence-corrected chi connectivity index (χ1v) is 5.82. The van der Waals surface area contributed by atoms with Crippen LogP contribution < -0.4 is 5.73 Å². The molecule has 0 aliphatic carbocycles. The van der Waals surface area contributed by atoms with Crippen molar-refractivity contribution in [2.24, 2.45) is 12.8 Å². The minimum absolute atomic E-state index is 0.0717. The van der Waals surface area contributed by atoms with E-state index in [-0.39, 0.29) is 18.2 Å². The second kappa shape index (κ2) is 5.55. The predicted molar refractivity (Wildman–Crippen MR) is 67.7 cm³/mol. The molecule has 0 radical (unpaired) electrons. The number of rotatable bonds is 5. The largest absolute Gasteiger partial charge is 0.324 e. The first-order chi connectivity index (χ1) is 8.66. The molecule has 0 saturated heterocycles. The van der Waals surface area contributed by atoms with Gasteiger partial charge in [-0.25, -0.2) is 4.98 Å². The van der Waals surface area contributed by atoms with Crippen LogP contribution in [0.15, 0.2) is 36.7 Å². The van der Waals surface area contributed by atoms with Gasteiger partial charge in [-0.3, -0.25) is 9.48 Å². The molecule has 0 amide bonds. The Morgan fingerprint density at radius 3 is 2.72 bits per heavy atom. The number of Topliss-reactive ketones (excluding diaryl/α,β-unsaturated/α-hetero) is 1. The molecular formula is C13H16N4O. The third-order valence-electron chi connectivity index (χ3n) is 2.84. The van der Waals surface area contributed by atoms with Gasteiger partial charge in [0.05, 0.1) is 6.42 Å². The van der Waals surface area contributed by atoms with Crippen molar-refractivity contribution >= 4 is 5.78 Å². The highest BCUT2D eigenvalue weighted by atomic mass is 16.1. The van der Waals surface area contributed by atoms with Crippen LogP contribution in [-0.4, -0.2) is 20.5 Å². The summed E-state index contributed by atoms with van der Waals surface area (Å²) in [4.78, 5) is 15.9. The SMILES string of the molecule is Cn1ncnc1CC(=O)CC(N)c1ccccc1. The molecule has 0 aliphatic rings. The van der Waals surface area contributed by atoms with Crippen LogP contribution in [0.25, 0.3) is 0 Å². The van der Waals surface area contributed by atoms with E-state index in [2.05, 4.69) is 10.1 Å². The van der Waals surface area contributed by atoms with E-state index < -0.39 is 0 Å². The van der Waals surface area contributed by atoms with Crippen molar-refractivity contribution in [3.05, 3.63) is 48.0 Å². The molecule has 2 N–H and O–H groups in total. The van der Waals surface area contributed by atoms with E-state index in [4.69, 9.17) is 5.73 Å². The van der Waals surface area contributed by atoms with Crippen molar-refractivity contribution in [2.75, 3.05) is 0 Å². The number of benzene rings is 1. The number of carbonyl (C=O) groups excluding carboxylic acids is 1. The van der Waals surface area contributed by atoms with Crippen molar-refractivity contribution in [2.45, 2.75) is 18.9 Å². The van der Waals surface area contributed by atoms with E-state index >= 15 is 0 Å². The molecule has 1 heterocycles. The van der Waals surface area contributed by atoms with Crippen molar-refractivity contribution in [3.63, 3.8) is 0 Å². The number of aryl methyl sites for hydroxylation is 1. The Labute approximate surface area is 106 Å². The van der Waals surface area contributed by atoms with Gasteiger partial charge in [0.2, 0.25) is 0 Å². The van der Waals surface area contributed by atoms with Crippen molar-refractivity contribution in [3.8, 4) is 0 Å². The molecule has 0 saturated carbocycles. The maximum atomic E-state index is 11.9. The molecule has 2 rings (SSSR count). The fourth-order valence-electron chi connectivity index (χ4n) is 1.79. The second-order valence-electron chi connectivity index (χ2n) is 4.24. The Kier molecular flexibility index (Phi) is 3.84. The highest BCUT2D eigenvalue weighted by Gasteiger charge is 2.14. The van der Waals surface area contributed by atoms with Crippen LogP contribution in [0, 0.1) is 0 Å². The number of aromatic nitrogens is 3. The third kappa shape index (κ3) is 3.01. The van der Waals surface area contributed by atoms with Gasteiger partial charge in [0.15, 0.2) is 0 Å². The van der Waals surface area contributed by atoms with Crippen molar-refractivity contribution < 1.29 is 4.79 Å². The zero-order chi connectivity index (χ0) is 13.0. The summed E-state index contributed by atoms with van der Waals surface area (Å²) in [5.74, 6) is 0.739. The summed E-state index contributed by atoms with van der Waals surface area (Å²) in [6.45, 7) is 0. The Morgan fingerprint density at radius 1 is 1.39 bits per heavy atom. The summed E-state index contributed by atoms with van der Waals surface area (Å²) in [6.07, 6.45) is 2.04. The number of hydrogen-bond acceptors (Lipinski definition) is 4. The van der Waals surface area contributed by atoms with Gasteiger partial charge in [0.25, 0.3) is 0 Å². The van der Waals surface area contributed by atoms with Gasteiger partial charge >= 0.3 is 0 Å². The second-order valence-corrected chi connectivity index (χ2v) is 4.24. The molecule has 2 aromatic rings. The first-order valence-electron chi connectivity index (χ1n) is 5.82. The lowest BCUT2D eigenvalue weighted by molar-refractivity contribution is -0.118. The van der Waals surface area contributed by atoms with Gasteiger partial charge in [-0.1, -0.05) is 30.3 Å². The maximum absolute atomic E-state index is 11.9. The van der Waals surface area contributed by atoms with Gasteiger partial charge in [0, 0.05) is 19.5 Å². The Morgan fingerprint density at radius 2 is 2.11 bits per heavy atom. The fourth-order valence-corrected chi connectivity index (χ4v) is 1.79. The molecule has 5 heteroatoms. The molecule has 0 fully saturated rings. The molecule has 18 heavy (non-hydrogen) atoms. The molecule has 0 spiro atoms. The van der Waals surface area contributed by atoms with Gasteiger partial charge < -0.3 is 5.73 Å². The smallest absolute Gasteiger partial charge is 0.142 e. The fraction of sp³-hybridized carbons (Fsp3) is 0.308. The van der Waals surface area contributed by atoms with E-state index in [1.165, 1.54) is 6.33 Å². The summed E-state index contributed by atoms with van der Waals surface area (Å²) >= 11 is 0. The maximum Gasteiger partial charge on any atom is 0.142 e. The first kappa shape index (κ1) is 12.4. The number of carbonyl (C=O) groups is 1. The van der Waals surface area contributed by atoms with E-state index in [1.54, 1.807) is 11.7 Å². The van der Waals surface area contributed by atoms with E-state index in [1.807, 2.05) is 30.3 Å². The van der Waals surface area contributed by atoms with Gasteiger partial charge in [-0.05, 0) is 5.56 Å². The molecule has 1 aromatic carbocycles. The molecule has 94 valence electrons. The summed E-state index contributed by atoms with van der Waals surface area (Å²) in [6, 6.07) is 9.37. The van der Waals surface area contributed by atoms with Crippen LogP contribution in [0.3, 0.4) is 0 Å². The zero-order valence-electron chi connectivity index (χ0n) is 10.3. The quantitative estimate of drug-likeness (QED) is 0.852. The van der Waals surface area contributed by atoms with Crippen LogP contribution in [0.5, 0.6) is 0 Å².